The van der Waals surface area contributed by atoms with Crippen molar-refractivity contribution < 1.29 is 22.4 Å². The Morgan fingerprint density at radius 2 is 1.76 bits per heavy atom. The van der Waals surface area contributed by atoms with E-state index in [4.69, 9.17) is 0 Å². The fraction of sp³-hybridized carbons (Fsp3) is 0.600. The van der Waals surface area contributed by atoms with Crippen molar-refractivity contribution in [2.45, 2.75) is 62.3 Å². The van der Waals surface area contributed by atoms with Crippen LogP contribution in [0.2, 0.25) is 0 Å². The molecule has 1 saturated carbocycles. The normalized spacial score (nSPS) is 19.7. The maximum atomic E-state index is 14.3. The molecule has 160 valence electrons. The average Bonchev–Trinajstić information content (AvgIpc) is 3.25. The standard InChI is InChI=1S/C20H28FN3O4S/c1-2-22-19(26)20(10-4-3-5-11-20)23-18(25)15-8-9-16(21)17(14-15)29(27,28)24-12-6-7-13-24/h8-9,14H,2-7,10-13H2,1H3,(H,22,26)(H,23,25). The summed E-state index contributed by atoms with van der Waals surface area (Å²) in [4.78, 5) is 25.1. The van der Waals surface area contributed by atoms with Crippen LogP contribution in [-0.4, -0.2) is 49.7 Å². The van der Waals surface area contributed by atoms with Crippen molar-refractivity contribution >= 4 is 21.8 Å². The highest BCUT2D eigenvalue weighted by Crippen LogP contribution is 2.30. The number of carbonyl (C=O) groups excluding carboxylic acids is 2. The highest BCUT2D eigenvalue weighted by molar-refractivity contribution is 7.89. The van der Waals surface area contributed by atoms with E-state index in [0.29, 0.717) is 32.5 Å². The number of sulfonamides is 1. The van der Waals surface area contributed by atoms with Gasteiger partial charge in [-0.1, -0.05) is 19.3 Å². The first-order valence-electron chi connectivity index (χ1n) is 10.2. The summed E-state index contributed by atoms with van der Waals surface area (Å²) in [6, 6.07) is 3.33. The Morgan fingerprint density at radius 3 is 2.38 bits per heavy atom. The van der Waals surface area contributed by atoms with Crippen LogP contribution in [0.3, 0.4) is 0 Å². The molecule has 3 rings (SSSR count). The summed E-state index contributed by atoms with van der Waals surface area (Å²) in [7, 11) is -4.00. The lowest BCUT2D eigenvalue weighted by Crippen LogP contribution is -2.59. The summed E-state index contributed by atoms with van der Waals surface area (Å²) in [5.41, 5.74) is -0.994. The fourth-order valence-corrected chi connectivity index (χ4v) is 5.70. The van der Waals surface area contributed by atoms with Crippen LogP contribution in [0.1, 0.15) is 62.2 Å². The third-order valence-electron chi connectivity index (χ3n) is 5.71. The van der Waals surface area contributed by atoms with Crippen molar-refractivity contribution in [2.75, 3.05) is 19.6 Å². The molecule has 2 N–H and O–H groups in total. The number of nitrogens with one attached hydrogen (secondary N) is 2. The van der Waals surface area contributed by atoms with E-state index in [1.807, 2.05) is 6.92 Å². The largest absolute Gasteiger partial charge is 0.354 e. The predicted octanol–water partition coefficient (Wildman–Crippen LogP) is 2.18. The Hall–Kier alpha value is -2.00. The molecule has 1 heterocycles. The van der Waals surface area contributed by atoms with E-state index < -0.39 is 32.2 Å². The van der Waals surface area contributed by atoms with E-state index in [0.717, 1.165) is 44.2 Å². The van der Waals surface area contributed by atoms with Crippen LogP contribution >= 0.6 is 0 Å². The van der Waals surface area contributed by atoms with Crippen molar-refractivity contribution in [1.82, 2.24) is 14.9 Å². The van der Waals surface area contributed by atoms with Gasteiger partial charge in [-0.05, 0) is 50.8 Å². The summed E-state index contributed by atoms with van der Waals surface area (Å²) in [6.07, 6.45) is 5.12. The summed E-state index contributed by atoms with van der Waals surface area (Å²) >= 11 is 0. The van der Waals surface area contributed by atoms with E-state index in [1.54, 1.807) is 0 Å². The van der Waals surface area contributed by atoms with Gasteiger partial charge < -0.3 is 10.6 Å². The minimum atomic E-state index is -4.00. The maximum Gasteiger partial charge on any atom is 0.252 e. The number of carbonyl (C=O) groups is 2. The van der Waals surface area contributed by atoms with Crippen LogP contribution in [0.15, 0.2) is 23.1 Å². The van der Waals surface area contributed by atoms with Crippen LogP contribution in [-0.2, 0) is 14.8 Å². The Morgan fingerprint density at radius 1 is 1.10 bits per heavy atom. The first-order chi connectivity index (χ1) is 13.8. The number of hydrogen-bond donors (Lipinski definition) is 2. The summed E-state index contributed by atoms with van der Waals surface area (Å²) in [5, 5.41) is 5.60. The molecule has 0 atom stereocenters. The highest BCUT2D eigenvalue weighted by atomic mass is 32.2. The molecule has 2 amide bonds. The van der Waals surface area contributed by atoms with E-state index in [-0.39, 0.29) is 11.5 Å². The first kappa shape index (κ1) is 21.7. The number of rotatable bonds is 6. The van der Waals surface area contributed by atoms with Crippen molar-refractivity contribution in [2.24, 2.45) is 0 Å². The smallest absolute Gasteiger partial charge is 0.252 e. The molecule has 9 heteroatoms. The molecule has 1 aliphatic heterocycles. The molecule has 0 aromatic heterocycles. The zero-order valence-electron chi connectivity index (χ0n) is 16.7. The fourth-order valence-electron chi connectivity index (χ4n) is 4.09. The number of hydrogen-bond acceptors (Lipinski definition) is 4. The Kier molecular flexibility index (Phi) is 6.58. The van der Waals surface area contributed by atoms with Gasteiger partial charge in [-0.2, -0.15) is 4.31 Å². The SMILES string of the molecule is CCNC(=O)C1(NC(=O)c2ccc(F)c(S(=O)(=O)N3CCCC3)c2)CCCCC1. The van der Waals surface area contributed by atoms with Crippen LogP contribution < -0.4 is 10.6 Å². The van der Waals surface area contributed by atoms with Gasteiger partial charge in [0.25, 0.3) is 5.91 Å². The lowest BCUT2D eigenvalue weighted by Gasteiger charge is -2.36. The molecule has 1 saturated heterocycles. The molecular weight excluding hydrogens is 397 g/mol. The molecule has 1 aliphatic carbocycles. The predicted molar refractivity (Wildman–Crippen MR) is 106 cm³/mol. The Labute approximate surface area is 171 Å². The number of benzene rings is 1. The van der Waals surface area contributed by atoms with Crippen LogP contribution in [0.4, 0.5) is 4.39 Å². The molecule has 2 aliphatic rings. The van der Waals surface area contributed by atoms with Gasteiger partial charge in [0.2, 0.25) is 15.9 Å². The van der Waals surface area contributed by atoms with Gasteiger partial charge in [-0.3, -0.25) is 9.59 Å². The quantitative estimate of drug-likeness (QED) is 0.730. The lowest BCUT2D eigenvalue weighted by molar-refractivity contribution is -0.128. The second-order valence-corrected chi connectivity index (χ2v) is 9.62. The second kappa shape index (κ2) is 8.79. The molecule has 29 heavy (non-hydrogen) atoms. The summed E-state index contributed by atoms with van der Waals surface area (Å²) in [6.45, 7) is 2.95. The van der Waals surface area contributed by atoms with E-state index in [9.17, 15) is 22.4 Å². The van der Waals surface area contributed by atoms with Gasteiger partial charge in [-0.15, -0.1) is 0 Å². The molecular formula is C20H28FN3O4S. The van der Waals surface area contributed by atoms with Gasteiger partial charge >= 0.3 is 0 Å². The van der Waals surface area contributed by atoms with Crippen molar-refractivity contribution in [3.8, 4) is 0 Å². The van der Waals surface area contributed by atoms with Gasteiger partial charge in [0, 0.05) is 25.2 Å². The zero-order valence-corrected chi connectivity index (χ0v) is 17.5. The van der Waals surface area contributed by atoms with E-state index in [2.05, 4.69) is 10.6 Å². The Bertz CT molecular complexity index is 876. The number of halogens is 1. The maximum absolute atomic E-state index is 14.3. The van der Waals surface area contributed by atoms with Gasteiger partial charge in [0.1, 0.15) is 16.3 Å². The third kappa shape index (κ3) is 4.45. The topological polar surface area (TPSA) is 95.6 Å². The van der Waals surface area contributed by atoms with E-state index in [1.165, 1.54) is 10.4 Å². The minimum absolute atomic E-state index is 0.0263. The number of likely N-dealkylation sites (N-methyl/N-ethyl adjacent to an activating group) is 1. The highest BCUT2D eigenvalue weighted by Gasteiger charge is 2.41. The average molecular weight is 426 g/mol. The summed E-state index contributed by atoms with van der Waals surface area (Å²) in [5.74, 6) is -1.69. The molecule has 2 fully saturated rings. The number of amides is 2. The summed E-state index contributed by atoms with van der Waals surface area (Å²) < 4.78 is 41.1. The second-order valence-electron chi connectivity index (χ2n) is 7.71. The molecule has 7 nitrogen and oxygen atoms in total. The number of nitrogens with zero attached hydrogens (tertiary/aromatic N) is 1. The van der Waals surface area contributed by atoms with Gasteiger partial charge in [0.15, 0.2) is 0 Å². The molecule has 0 spiro atoms. The molecule has 1 aromatic rings. The van der Waals surface area contributed by atoms with Crippen molar-refractivity contribution in [3.05, 3.63) is 29.6 Å². The van der Waals surface area contributed by atoms with Crippen LogP contribution in [0, 0.1) is 5.82 Å². The molecule has 0 unspecified atom stereocenters. The van der Waals surface area contributed by atoms with Crippen LogP contribution in [0.25, 0.3) is 0 Å². The zero-order chi connectivity index (χ0) is 21.1. The molecule has 0 radical (unpaired) electrons. The molecule has 0 bridgehead atoms. The van der Waals surface area contributed by atoms with Crippen molar-refractivity contribution in [1.29, 1.82) is 0 Å². The third-order valence-corrected chi connectivity index (χ3v) is 7.62. The monoisotopic (exact) mass is 425 g/mol. The minimum Gasteiger partial charge on any atom is -0.354 e. The van der Waals surface area contributed by atoms with Gasteiger partial charge in [0.05, 0.1) is 0 Å². The van der Waals surface area contributed by atoms with E-state index >= 15 is 0 Å². The van der Waals surface area contributed by atoms with Crippen LogP contribution in [0.5, 0.6) is 0 Å². The lowest BCUT2D eigenvalue weighted by atomic mass is 9.80. The van der Waals surface area contributed by atoms with Crippen molar-refractivity contribution in [3.63, 3.8) is 0 Å². The first-order valence-corrected chi connectivity index (χ1v) is 11.6. The Balaban J connectivity index is 1.88. The van der Waals surface area contributed by atoms with Gasteiger partial charge in [-0.25, -0.2) is 12.8 Å². The molecule has 1 aromatic carbocycles.